The van der Waals surface area contributed by atoms with Crippen LogP contribution in [0.4, 0.5) is 5.82 Å². The predicted molar refractivity (Wildman–Crippen MR) is 89.8 cm³/mol. The van der Waals surface area contributed by atoms with Crippen molar-refractivity contribution >= 4 is 11.7 Å². The van der Waals surface area contributed by atoms with Gasteiger partial charge in [0.2, 0.25) is 0 Å². The molecule has 3 rings (SSSR count). The van der Waals surface area contributed by atoms with Crippen LogP contribution < -0.4 is 14.8 Å². The van der Waals surface area contributed by atoms with Crippen molar-refractivity contribution in [3.8, 4) is 11.5 Å². The Hall–Kier alpha value is -2.60. The van der Waals surface area contributed by atoms with Gasteiger partial charge in [0.05, 0.1) is 20.3 Å². The third kappa shape index (κ3) is 3.65. The first-order valence-corrected chi connectivity index (χ1v) is 7.83. The molecule has 0 radical (unpaired) electrons. The highest BCUT2D eigenvalue weighted by Crippen LogP contribution is 2.30. The van der Waals surface area contributed by atoms with Gasteiger partial charge < -0.3 is 19.5 Å². The van der Waals surface area contributed by atoms with Crippen LogP contribution in [0.5, 0.6) is 11.5 Å². The molecule has 24 heavy (non-hydrogen) atoms. The number of rotatable bonds is 5. The van der Waals surface area contributed by atoms with E-state index in [1.807, 2.05) is 19.1 Å². The molecule has 126 valence electrons. The summed E-state index contributed by atoms with van der Waals surface area (Å²) >= 11 is 0. The Morgan fingerprint density at radius 3 is 2.92 bits per heavy atom. The Morgan fingerprint density at radius 2 is 2.21 bits per heavy atom. The van der Waals surface area contributed by atoms with Crippen LogP contribution >= 0.6 is 0 Å². The maximum absolute atomic E-state index is 12.5. The van der Waals surface area contributed by atoms with Gasteiger partial charge >= 0.3 is 0 Å². The van der Waals surface area contributed by atoms with E-state index < -0.39 is 0 Å². The maximum atomic E-state index is 12.5. The lowest BCUT2D eigenvalue weighted by Gasteiger charge is -2.16. The summed E-state index contributed by atoms with van der Waals surface area (Å²) in [5.41, 5.74) is 1.38. The van der Waals surface area contributed by atoms with E-state index >= 15 is 0 Å². The summed E-state index contributed by atoms with van der Waals surface area (Å²) < 4.78 is 16.6. The number of methoxy groups -OCH3 is 1. The van der Waals surface area contributed by atoms with Crippen molar-refractivity contribution in [3.05, 3.63) is 47.7 Å². The minimum Gasteiger partial charge on any atom is -0.493 e. The van der Waals surface area contributed by atoms with Crippen LogP contribution in [-0.4, -0.2) is 37.3 Å². The first-order valence-electron chi connectivity index (χ1n) is 7.83. The number of pyridine rings is 1. The van der Waals surface area contributed by atoms with Gasteiger partial charge in [0, 0.05) is 18.2 Å². The lowest BCUT2D eigenvalue weighted by Crippen LogP contribution is -2.17. The third-order valence-corrected chi connectivity index (χ3v) is 3.85. The van der Waals surface area contributed by atoms with Crippen LogP contribution in [0.25, 0.3) is 0 Å². The summed E-state index contributed by atoms with van der Waals surface area (Å²) in [7, 11) is 1.57. The second kappa shape index (κ2) is 7.31. The van der Waals surface area contributed by atoms with Crippen molar-refractivity contribution in [1.29, 1.82) is 0 Å². The van der Waals surface area contributed by atoms with Gasteiger partial charge in [0.25, 0.3) is 5.91 Å². The molecule has 6 heteroatoms. The van der Waals surface area contributed by atoms with Crippen LogP contribution in [0.3, 0.4) is 0 Å². The Balaban J connectivity index is 1.79. The van der Waals surface area contributed by atoms with E-state index in [0.717, 1.165) is 12.0 Å². The van der Waals surface area contributed by atoms with Gasteiger partial charge in [-0.2, -0.15) is 0 Å². The normalized spacial score (nSPS) is 16.7. The molecule has 6 nitrogen and oxygen atoms in total. The molecule has 1 amide bonds. The monoisotopic (exact) mass is 328 g/mol. The Bertz CT molecular complexity index is 727. The number of carbonyl (C=O) groups is 1. The molecule has 1 unspecified atom stereocenters. The first-order chi connectivity index (χ1) is 11.7. The number of anilines is 1. The summed E-state index contributed by atoms with van der Waals surface area (Å²) in [5.74, 6) is 1.43. The lowest BCUT2D eigenvalue weighted by molar-refractivity contribution is 0.102. The number of nitrogens with one attached hydrogen (secondary N) is 1. The molecule has 1 saturated heterocycles. The van der Waals surface area contributed by atoms with Crippen LogP contribution in [0.2, 0.25) is 0 Å². The highest BCUT2D eigenvalue weighted by Gasteiger charge is 2.20. The molecular formula is C18H20N2O4. The van der Waals surface area contributed by atoms with E-state index in [0.29, 0.717) is 36.1 Å². The molecule has 1 aromatic carbocycles. The third-order valence-electron chi connectivity index (χ3n) is 3.85. The van der Waals surface area contributed by atoms with Gasteiger partial charge in [-0.25, -0.2) is 4.98 Å². The smallest absolute Gasteiger partial charge is 0.256 e. The fraction of sp³-hybridized carbons (Fsp3) is 0.333. The molecule has 0 aliphatic carbocycles. The fourth-order valence-electron chi connectivity index (χ4n) is 2.49. The summed E-state index contributed by atoms with van der Waals surface area (Å²) in [4.78, 5) is 16.7. The van der Waals surface area contributed by atoms with E-state index in [-0.39, 0.29) is 12.0 Å². The number of carbonyl (C=O) groups excluding carboxylic acids is 1. The number of aromatic nitrogens is 1. The number of benzene rings is 1. The standard InChI is InChI=1S/C18H20N2O4/c1-12-4-3-8-19-17(12)20-18(21)13-5-6-15(22-2)16(10-13)24-14-7-9-23-11-14/h3-6,8,10,14H,7,9,11H2,1-2H3,(H,19,20,21). The number of amides is 1. The Labute approximate surface area is 140 Å². The number of aryl methyl sites for hydroxylation is 1. The van der Waals surface area contributed by atoms with Gasteiger partial charge in [-0.15, -0.1) is 0 Å². The Morgan fingerprint density at radius 1 is 1.33 bits per heavy atom. The molecule has 2 aromatic rings. The second-order valence-electron chi connectivity index (χ2n) is 5.59. The number of hydrogen-bond acceptors (Lipinski definition) is 5. The van der Waals surface area contributed by atoms with E-state index in [1.54, 1.807) is 31.5 Å². The fourth-order valence-corrected chi connectivity index (χ4v) is 2.49. The average Bonchev–Trinajstić information content (AvgIpc) is 3.10. The van der Waals surface area contributed by atoms with Crippen LogP contribution in [0.15, 0.2) is 36.5 Å². The zero-order valence-electron chi connectivity index (χ0n) is 13.7. The van der Waals surface area contributed by atoms with Crippen molar-refractivity contribution < 1.29 is 19.0 Å². The molecule has 1 fully saturated rings. The van der Waals surface area contributed by atoms with E-state index in [1.165, 1.54) is 0 Å². The second-order valence-corrected chi connectivity index (χ2v) is 5.59. The number of ether oxygens (including phenoxy) is 3. The highest BCUT2D eigenvalue weighted by molar-refractivity contribution is 6.04. The zero-order chi connectivity index (χ0) is 16.9. The van der Waals surface area contributed by atoms with E-state index in [2.05, 4.69) is 10.3 Å². The maximum Gasteiger partial charge on any atom is 0.256 e. The molecule has 0 bridgehead atoms. The van der Waals surface area contributed by atoms with Crippen molar-refractivity contribution in [2.45, 2.75) is 19.4 Å². The molecule has 1 N–H and O–H groups in total. The molecular weight excluding hydrogens is 308 g/mol. The molecule has 2 heterocycles. The minimum atomic E-state index is -0.244. The topological polar surface area (TPSA) is 69.7 Å². The van der Waals surface area contributed by atoms with Crippen molar-refractivity contribution in [1.82, 2.24) is 4.98 Å². The summed E-state index contributed by atoms with van der Waals surface area (Å²) in [6.07, 6.45) is 2.45. The predicted octanol–water partition coefficient (Wildman–Crippen LogP) is 2.82. The largest absolute Gasteiger partial charge is 0.493 e. The van der Waals surface area contributed by atoms with Crippen molar-refractivity contribution in [2.75, 3.05) is 25.6 Å². The molecule has 1 aromatic heterocycles. The van der Waals surface area contributed by atoms with Gasteiger partial charge in [-0.3, -0.25) is 4.79 Å². The SMILES string of the molecule is COc1ccc(C(=O)Nc2ncccc2C)cc1OC1CCOC1. The lowest BCUT2D eigenvalue weighted by atomic mass is 10.1. The van der Waals surface area contributed by atoms with Crippen LogP contribution in [0, 0.1) is 6.92 Å². The van der Waals surface area contributed by atoms with E-state index in [9.17, 15) is 4.79 Å². The van der Waals surface area contributed by atoms with Crippen LogP contribution in [-0.2, 0) is 4.74 Å². The first kappa shape index (κ1) is 16.3. The number of nitrogens with zero attached hydrogens (tertiary/aromatic N) is 1. The molecule has 0 spiro atoms. The van der Waals surface area contributed by atoms with Gasteiger partial charge in [-0.1, -0.05) is 6.07 Å². The molecule has 1 aliphatic heterocycles. The van der Waals surface area contributed by atoms with Crippen molar-refractivity contribution in [3.63, 3.8) is 0 Å². The molecule has 1 aliphatic rings. The summed E-state index contributed by atoms with van der Waals surface area (Å²) in [6, 6.07) is 8.83. The Kier molecular flexibility index (Phi) is 4.96. The van der Waals surface area contributed by atoms with Gasteiger partial charge in [-0.05, 0) is 36.8 Å². The van der Waals surface area contributed by atoms with Crippen LogP contribution in [0.1, 0.15) is 22.3 Å². The summed E-state index contributed by atoms with van der Waals surface area (Å²) in [6.45, 7) is 3.13. The summed E-state index contributed by atoms with van der Waals surface area (Å²) in [5, 5.41) is 2.81. The average molecular weight is 328 g/mol. The molecule has 0 saturated carbocycles. The molecule has 1 atom stereocenters. The minimum absolute atomic E-state index is 0.0183. The quantitative estimate of drug-likeness (QED) is 0.914. The van der Waals surface area contributed by atoms with Gasteiger partial charge in [0.15, 0.2) is 11.5 Å². The van der Waals surface area contributed by atoms with E-state index in [4.69, 9.17) is 14.2 Å². The van der Waals surface area contributed by atoms with Gasteiger partial charge in [0.1, 0.15) is 11.9 Å². The van der Waals surface area contributed by atoms with Crippen molar-refractivity contribution in [2.24, 2.45) is 0 Å². The number of hydrogen-bond donors (Lipinski definition) is 1. The zero-order valence-corrected chi connectivity index (χ0v) is 13.7. The highest BCUT2D eigenvalue weighted by atomic mass is 16.6.